The Labute approximate surface area is 178 Å². The van der Waals surface area contributed by atoms with Crippen LogP contribution in [0.3, 0.4) is 0 Å². The minimum atomic E-state index is -0.204. The molecule has 2 N–H and O–H groups in total. The number of carbonyl (C=O) groups excluding carboxylic acids is 2. The Hall–Kier alpha value is -3.51. The standard InChI is InChI=1S/C24H20N2O3S/c27-23(25-15-20-8-5-13-29-20)16-30-22-10-4-3-9-21(22)24(28)26-19-12-11-17-6-1-2-7-18(17)14-19/h1-14H,15-16H2,(H,25,27)(H,26,28). The topological polar surface area (TPSA) is 71.3 Å². The van der Waals surface area contributed by atoms with Gasteiger partial charge in [0.25, 0.3) is 5.91 Å². The molecule has 0 atom stereocenters. The van der Waals surface area contributed by atoms with Crippen LogP contribution < -0.4 is 10.6 Å². The van der Waals surface area contributed by atoms with Gasteiger partial charge in [-0.2, -0.15) is 0 Å². The smallest absolute Gasteiger partial charge is 0.256 e. The van der Waals surface area contributed by atoms with E-state index in [1.54, 1.807) is 24.5 Å². The number of hydrogen-bond acceptors (Lipinski definition) is 4. The van der Waals surface area contributed by atoms with Gasteiger partial charge in [-0.25, -0.2) is 0 Å². The number of benzene rings is 3. The molecule has 0 bridgehead atoms. The van der Waals surface area contributed by atoms with Gasteiger partial charge < -0.3 is 15.1 Å². The fourth-order valence-corrected chi connectivity index (χ4v) is 3.92. The van der Waals surface area contributed by atoms with Crippen LogP contribution in [0.15, 0.2) is 94.4 Å². The molecule has 0 aliphatic carbocycles. The second-order valence-electron chi connectivity index (χ2n) is 6.66. The molecule has 0 aliphatic rings. The molecule has 0 saturated heterocycles. The molecule has 150 valence electrons. The minimum Gasteiger partial charge on any atom is -0.467 e. The Kier molecular flexibility index (Phi) is 6.15. The number of anilines is 1. The molecule has 2 amide bonds. The molecule has 0 spiro atoms. The number of nitrogens with one attached hydrogen (secondary N) is 2. The van der Waals surface area contributed by atoms with Crippen molar-refractivity contribution in [2.75, 3.05) is 11.1 Å². The summed E-state index contributed by atoms with van der Waals surface area (Å²) in [5.41, 5.74) is 1.27. The first-order valence-corrected chi connectivity index (χ1v) is 10.5. The van der Waals surface area contributed by atoms with Crippen molar-refractivity contribution in [3.63, 3.8) is 0 Å². The van der Waals surface area contributed by atoms with E-state index in [1.807, 2.05) is 60.7 Å². The molecule has 4 aromatic rings. The second kappa shape index (κ2) is 9.33. The minimum absolute atomic E-state index is 0.124. The fourth-order valence-electron chi connectivity index (χ4n) is 3.04. The number of rotatable bonds is 7. The molecule has 30 heavy (non-hydrogen) atoms. The van der Waals surface area contributed by atoms with Gasteiger partial charge in [-0.1, -0.05) is 42.5 Å². The lowest BCUT2D eigenvalue weighted by Gasteiger charge is -2.11. The monoisotopic (exact) mass is 416 g/mol. The van der Waals surface area contributed by atoms with Crippen molar-refractivity contribution in [2.45, 2.75) is 11.4 Å². The fraction of sp³-hybridized carbons (Fsp3) is 0.0833. The largest absolute Gasteiger partial charge is 0.467 e. The highest BCUT2D eigenvalue weighted by Crippen LogP contribution is 2.25. The van der Waals surface area contributed by atoms with Crippen molar-refractivity contribution < 1.29 is 14.0 Å². The average molecular weight is 417 g/mol. The van der Waals surface area contributed by atoms with Crippen molar-refractivity contribution >= 4 is 40.0 Å². The van der Waals surface area contributed by atoms with Crippen LogP contribution in [-0.4, -0.2) is 17.6 Å². The van der Waals surface area contributed by atoms with Gasteiger partial charge in [-0.05, 0) is 47.2 Å². The third-order valence-electron chi connectivity index (χ3n) is 4.54. The summed E-state index contributed by atoms with van der Waals surface area (Å²) in [5.74, 6) is 0.579. The van der Waals surface area contributed by atoms with Crippen LogP contribution >= 0.6 is 11.8 Å². The van der Waals surface area contributed by atoms with Gasteiger partial charge in [-0.3, -0.25) is 9.59 Å². The maximum atomic E-state index is 12.9. The molecule has 0 radical (unpaired) electrons. The predicted molar refractivity (Wildman–Crippen MR) is 120 cm³/mol. The van der Waals surface area contributed by atoms with Gasteiger partial charge in [0.15, 0.2) is 0 Å². The molecule has 0 fully saturated rings. The number of hydrogen-bond donors (Lipinski definition) is 2. The molecular formula is C24H20N2O3S. The Morgan fingerprint density at radius 3 is 2.50 bits per heavy atom. The predicted octanol–water partition coefficient (Wildman–Crippen LogP) is 5.09. The first-order chi connectivity index (χ1) is 14.7. The van der Waals surface area contributed by atoms with Crippen LogP contribution in [0.5, 0.6) is 0 Å². The summed E-state index contributed by atoms with van der Waals surface area (Å²) < 4.78 is 5.21. The van der Waals surface area contributed by atoms with Crippen molar-refractivity contribution in [2.24, 2.45) is 0 Å². The van der Waals surface area contributed by atoms with E-state index in [-0.39, 0.29) is 17.6 Å². The Morgan fingerprint density at radius 1 is 0.867 bits per heavy atom. The van der Waals surface area contributed by atoms with E-state index in [1.165, 1.54) is 11.8 Å². The van der Waals surface area contributed by atoms with Crippen LogP contribution in [0, 0.1) is 0 Å². The van der Waals surface area contributed by atoms with E-state index < -0.39 is 0 Å². The molecule has 0 unspecified atom stereocenters. The molecule has 0 saturated carbocycles. The van der Waals surface area contributed by atoms with Crippen LogP contribution in [0.4, 0.5) is 5.69 Å². The van der Waals surface area contributed by atoms with E-state index in [2.05, 4.69) is 10.6 Å². The molecule has 1 aromatic heterocycles. The lowest BCUT2D eigenvalue weighted by molar-refractivity contribution is -0.118. The number of fused-ring (bicyclic) bond motifs is 1. The summed E-state index contributed by atoms with van der Waals surface area (Å²) >= 11 is 1.33. The maximum Gasteiger partial charge on any atom is 0.256 e. The van der Waals surface area contributed by atoms with Gasteiger partial charge in [-0.15, -0.1) is 11.8 Å². The normalized spacial score (nSPS) is 10.7. The molecule has 1 heterocycles. The van der Waals surface area contributed by atoms with Gasteiger partial charge >= 0.3 is 0 Å². The molecule has 0 aliphatic heterocycles. The van der Waals surface area contributed by atoms with Crippen LogP contribution in [-0.2, 0) is 11.3 Å². The SMILES string of the molecule is O=C(CSc1ccccc1C(=O)Nc1ccc2ccccc2c1)NCc1ccco1. The first kappa shape index (κ1) is 19.8. The third kappa shape index (κ3) is 4.90. The second-order valence-corrected chi connectivity index (χ2v) is 7.67. The average Bonchev–Trinajstić information content (AvgIpc) is 3.30. The highest BCUT2D eigenvalue weighted by molar-refractivity contribution is 8.00. The summed E-state index contributed by atoms with van der Waals surface area (Å²) in [6.07, 6.45) is 1.57. The summed E-state index contributed by atoms with van der Waals surface area (Å²) in [7, 11) is 0. The third-order valence-corrected chi connectivity index (χ3v) is 5.61. The maximum absolute atomic E-state index is 12.9. The Bertz CT molecular complexity index is 1170. The molecule has 5 nitrogen and oxygen atoms in total. The molecule has 4 rings (SSSR count). The Morgan fingerprint density at radius 2 is 1.67 bits per heavy atom. The zero-order valence-corrected chi connectivity index (χ0v) is 16.9. The quantitative estimate of drug-likeness (QED) is 0.412. The van der Waals surface area contributed by atoms with E-state index in [0.29, 0.717) is 17.9 Å². The summed E-state index contributed by atoms with van der Waals surface area (Å²) in [6.45, 7) is 0.344. The van der Waals surface area contributed by atoms with Crippen LogP contribution in [0.25, 0.3) is 10.8 Å². The van der Waals surface area contributed by atoms with Gasteiger partial charge in [0.1, 0.15) is 5.76 Å². The van der Waals surface area contributed by atoms with E-state index >= 15 is 0 Å². The summed E-state index contributed by atoms with van der Waals surface area (Å²) in [4.78, 5) is 25.7. The zero-order valence-electron chi connectivity index (χ0n) is 16.1. The van der Waals surface area contributed by atoms with Crippen LogP contribution in [0.1, 0.15) is 16.1 Å². The number of carbonyl (C=O) groups is 2. The molecular weight excluding hydrogens is 396 g/mol. The molecule has 3 aromatic carbocycles. The zero-order chi connectivity index (χ0) is 20.8. The van der Waals surface area contributed by atoms with Crippen LogP contribution in [0.2, 0.25) is 0 Å². The van der Waals surface area contributed by atoms with Gasteiger partial charge in [0, 0.05) is 10.6 Å². The van der Waals surface area contributed by atoms with Gasteiger partial charge in [0.05, 0.1) is 24.1 Å². The van der Waals surface area contributed by atoms with Crippen molar-refractivity contribution in [3.8, 4) is 0 Å². The van der Waals surface area contributed by atoms with Gasteiger partial charge in [0.2, 0.25) is 5.91 Å². The van der Waals surface area contributed by atoms with Crippen molar-refractivity contribution in [1.82, 2.24) is 5.32 Å². The Balaban J connectivity index is 1.40. The van der Waals surface area contributed by atoms with E-state index in [4.69, 9.17) is 4.42 Å². The first-order valence-electron chi connectivity index (χ1n) is 9.50. The van der Waals surface area contributed by atoms with E-state index in [9.17, 15) is 9.59 Å². The molecule has 6 heteroatoms. The lowest BCUT2D eigenvalue weighted by atomic mass is 10.1. The van der Waals surface area contributed by atoms with Crippen molar-refractivity contribution in [3.05, 3.63) is 96.4 Å². The highest BCUT2D eigenvalue weighted by Gasteiger charge is 2.13. The lowest BCUT2D eigenvalue weighted by Crippen LogP contribution is -2.24. The summed E-state index contributed by atoms with van der Waals surface area (Å²) in [6, 6.07) is 24.7. The number of furan rings is 1. The van der Waals surface area contributed by atoms with Crippen molar-refractivity contribution in [1.29, 1.82) is 0 Å². The highest BCUT2D eigenvalue weighted by atomic mass is 32.2. The summed E-state index contributed by atoms with van der Waals surface area (Å²) in [5, 5.41) is 7.94. The number of thioether (sulfide) groups is 1. The van der Waals surface area contributed by atoms with E-state index in [0.717, 1.165) is 21.4 Å². The number of amides is 2.